The Morgan fingerprint density at radius 3 is 1.55 bits per heavy atom. The number of fused-ring (bicyclic) bond motifs is 9. The Hall–Kier alpha value is -6.70. The molecule has 0 amide bonds. The minimum absolute atomic E-state index is 0.440. The lowest BCUT2D eigenvalue weighted by molar-refractivity contribution is 0.669. The maximum atomic E-state index is 10.3. The van der Waals surface area contributed by atoms with Gasteiger partial charge in [-0.1, -0.05) is 145 Å². The first-order valence-electron chi connectivity index (χ1n) is 30.2. The van der Waals surface area contributed by atoms with E-state index in [2.05, 4.69) is 0 Å². The van der Waals surface area contributed by atoms with Crippen LogP contribution in [0.5, 0.6) is 0 Å². The first-order valence-corrected chi connectivity index (χ1v) is 15.2. The van der Waals surface area contributed by atoms with Crippen molar-refractivity contribution in [3.63, 3.8) is 0 Å². The number of furan rings is 1. The quantitative estimate of drug-likeness (QED) is 0.170. The summed E-state index contributed by atoms with van der Waals surface area (Å²) in [6.45, 7) is 0. The zero-order valence-electron chi connectivity index (χ0n) is 55.4. The second-order valence-electron chi connectivity index (χ2n) is 11.3. The largest absolute Gasteiger partial charge is 0.456 e. The van der Waals surface area contributed by atoms with E-state index < -0.39 is 290 Å². The molecule has 0 bridgehead atoms. The molecule has 1 nitrogen and oxygen atoms in total. The summed E-state index contributed by atoms with van der Waals surface area (Å²) in [7, 11) is 0. The predicted octanol–water partition coefficient (Wildman–Crippen LogP) is 14.4. The van der Waals surface area contributed by atoms with Crippen molar-refractivity contribution in [1.29, 1.82) is 0 Å². The molecule has 0 N–H and O–H groups in total. The van der Waals surface area contributed by atoms with Crippen LogP contribution in [-0.4, -0.2) is 0 Å². The molecule has 0 saturated carbocycles. The molecule has 51 heavy (non-hydrogen) atoms. The first-order chi connectivity index (χ1) is 37.8. The van der Waals surface area contributed by atoms with Crippen molar-refractivity contribution >= 4 is 75.8 Å². The molecule has 11 rings (SSSR count). The predicted molar refractivity (Wildman–Crippen MR) is 218 cm³/mol. The lowest BCUT2D eigenvalue weighted by atomic mass is 9.84. The third-order valence-electron chi connectivity index (χ3n) is 8.51. The zero-order valence-corrected chi connectivity index (χ0v) is 25.4. The summed E-state index contributed by atoms with van der Waals surface area (Å²) in [6, 6.07) is -28.6. The first kappa shape index (κ1) is 11.7. The standard InChI is InChI=1S/C50H30O/c1-2-13-33-27-36(22-21-31(33)11-1)48-40-17-7-9-19-42(40)49(43-20-10-8-18-41(43)48)37-28-34-14-4-5-15-38(34)44(30-37)35-24-25-46-45(29-35)50-39-16-6-3-12-32(39)23-26-47(50)51-46/h1-30H/i1D,2D,3D,4D,5D,6D,7D,8D,9D,10D,11D,12D,13D,14D,15D,16D,17D,18D,19D,20D,21D,22D,23D,24D,25D,26D,27D,28D,29D,30D. The van der Waals surface area contributed by atoms with Crippen molar-refractivity contribution in [1.82, 2.24) is 0 Å². The Labute approximate surface area is 336 Å². The molecule has 0 saturated heterocycles. The van der Waals surface area contributed by atoms with Crippen molar-refractivity contribution in [2.75, 3.05) is 0 Å². The van der Waals surface area contributed by atoms with Gasteiger partial charge in [0.2, 0.25) is 0 Å². The summed E-state index contributed by atoms with van der Waals surface area (Å²) in [5, 5.41) is -8.08. The van der Waals surface area contributed by atoms with Crippen molar-refractivity contribution in [3.05, 3.63) is 181 Å². The van der Waals surface area contributed by atoms with Crippen LogP contribution in [0.25, 0.3) is 109 Å². The van der Waals surface area contributed by atoms with E-state index in [9.17, 15) is 17.8 Å². The highest BCUT2D eigenvalue weighted by atomic mass is 16.3. The van der Waals surface area contributed by atoms with Crippen LogP contribution >= 0.6 is 0 Å². The van der Waals surface area contributed by atoms with Crippen LogP contribution in [0.3, 0.4) is 0 Å². The molecule has 1 aromatic heterocycles. The average Bonchev–Trinajstić information content (AvgIpc) is 3.53. The van der Waals surface area contributed by atoms with Crippen LogP contribution in [-0.2, 0) is 0 Å². The Bertz CT molecular complexity index is 4850. The maximum Gasteiger partial charge on any atom is 0.136 e. The minimum atomic E-state index is -1.14. The number of benzene rings is 10. The topological polar surface area (TPSA) is 13.1 Å². The van der Waals surface area contributed by atoms with E-state index in [1.165, 1.54) is 0 Å². The van der Waals surface area contributed by atoms with Gasteiger partial charge >= 0.3 is 0 Å². The highest BCUT2D eigenvalue weighted by molar-refractivity contribution is 6.23. The van der Waals surface area contributed by atoms with Gasteiger partial charge in [0.1, 0.15) is 11.2 Å². The molecule has 0 aliphatic heterocycles. The lowest BCUT2D eigenvalue weighted by Gasteiger charge is -2.19. The Morgan fingerprint density at radius 2 is 0.824 bits per heavy atom. The van der Waals surface area contributed by atoms with E-state index >= 15 is 0 Å². The summed E-state index contributed by atoms with van der Waals surface area (Å²) in [5.41, 5.74) is -6.34. The molecular weight excluding hydrogens is 617 g/mol. The van der Waals surface area contributed by atoms with Crippen LogP contribution < -0.4 is 0 Å². The summed E-state index contributed by atoms with van der Waals surface area (Å²) in [5.74, 6) is 0. The van der Waals surface area contributed by atoms with Gasteiger partial charge in [0.25, 0.3) is 0 Å². The van der Waals surface area contributed by atoms with Gasteiger partial charge in [-0.25, -0.2) is 0 Å². The molecule has 236 valence electrons. The van der Waals surface area contributed by atoms with Crippen LogP contribution in [0.4, 0.5) is 0 Å². The average molecular weight is 677 g/mol. The third-order valence-corrected chi connectivity index (χ3v) is 8.51. The molecule has 0 atom stereocenters. The molecule has 0 spiro atoms. The van der Waals surface area contributed by atoms with Gasteiger partial charge in [-0.3, -0.25) is 0 Å². The van der Waals surface area contributed by atoms with Crippen molar-refractivity contribution in [2.45, 2.75) is 0 Å². The van der Waals surface area contributed by atoms with Crippen LogP contribution in [0.2, 0.25) is 0 Å². The van der Waals surface area contributed by atoms with Crippen LogP contribution in [0.15, 0.2) is 186 Å². The second kappa shape index (κ2) is 10.9. The summed E-state index contributed by atoms with van der Waals surface area (Å²) < 4.78 is 280. The number of hydrogen-bond acceptors (Lipinski definition) is 1. The second-order valence-corrected chi connectivity index (χ2v) is 11.3. The normalized spacial score (nSPS) is 20.2. The molecule has 0 unspecified atom stereocenters. The van der Waals surface area contributed by atoms with E-state index in [-0.39, 0.29) is 0 Å². The molecule has 1 heteroatoms. The lowest BCUT2D eigenvalue weighted by Crippen LogP contribution is -1.92. The van der Waals surface area contributed by atoms with Crippen molar-refractivity contribution in [3.8, 4) is 33.4 Å². The van der Waals surface area contributed by atoms with Gasteiger partial charge in [0.05, 0.1) is 41.1 Å². The molecule has 0 aliphatic rings. The maximum absolute atomic E-state index is 10.3. The molecule has 1 heterocycles. The van der Waals surface area contributed by atoms with E-state index in [4.69, 9.17) is 27.7 Å². The van der Waals surface area contributed by atoms with Crippen LogP contribution in [0.1, 0.15) is 41.1 Å². The molecule has 11 aromatic rings. The van der Waals surface area contributed by atoms with E-state index in [1.807, 2.05) is 0 Å². The SMILES string of the molecule is [2H]c1c(-c2c([2H])c(-c3c4c([2H])c([2H])c([2H])c([2H])c4c(-c4c([2H])c([2H])c5c([2H])c([2H])c([2H])c([2H])c5c4[2H])c4c([2H])c([2H])c([2H])c([2H])c34)c([2H])c3c([2H])c([2H])c([2H])c([2H])c23)c([2H])c2c(oc3c([2H])c([2H])c4c([2H])c([2H])c([2H])c([2H])c4c32)c1[2H]. The fraction of sp³-hybridized carbons (Fsp3) is 0. The molecule has 0 aliphatic carbocycles. The van der Waals surface area contributed by atoms with E-state index in [0.29, 0.717) is 0 Å². The highest BCUT2D eigenvalue weighted by Gasteiger charge is 2.19. The Morgan fingerprint density at radius 1 is 0.314 bits per heavy atom. The van der Waals surface area contributed by atoms with Gasteiger partial charge in [-0.05, 0) is 123 Å². The Kier molecular flexibility index (Phi) is 2.50. The third kappa shape index (κ3) is 4.28. The fourth-order valence-corrected chi connectivity index (χ4v) is 6.36. The molecule has 10 aromatic carbocycles. The number of hydrogen-bond donors (Lipinski definition) is 0. The monoisotopic (exact) mass is 676 g/mol. The van der Waals surface area contributed by atoms with Gasteiger partial charge in [0.15, 0.2) is 0 Å². The number of rotatable bonds is 3. The van der Waals surface area contributed by atoms with Gasteiger partial charge in [0, 0.05) is 10.8 Å². The molecular formula is C50H30O. The summed E-state index contributed by atoms with van der Waals surface area (Å²) in [4.78, 5) is 0. The molecule has 0 radical (unpaired) electrons. The van der Waals surface area contributed by atoms with E-state index in [1.54, 1.807) is 0 Å². The van der Waals surface area contributed by atoms with Gasteiger partial charge in [-0.2, -0.15) is 0 Å². The summed E-state index contributed by atoms with van der Waals surface area (Å²) >= 11 is 0. The minimum Gasteiger partial charge on any atom is -0.456 e. The van der Waals surface area contributed by atoms with Crippen LogP contribution in [0, 0.1) is 0 Å². The van der Waals surface area contributed by atoms with Crippen molar-refractivity contribution in [2.24, 2.45) is 0 Å². The highest BCUT2D eigenvalue weighted by Crippen LogP contribution is 2.46. The van der Waals surface area contributed by atoms with E-state index in [0.717, 1.165) is 0 Å². The van der Waals surface area contributed by atoms with Crippen molar-refractivity contribution < 1.29 is 45.5 Å². The van der Waals surface area contributed by atoms with Gasteiger partial charge < -0.3 is 4.42 Å². The van der Waals surface area contributed by atoms with Gasteiger partial charge in [-0.15, -0.1) is 0 Å². The smallest absolute Gasteiger partial charge is 0.136 e. The molecule has 0 fully saturated rings. The zero-order chi connectivity index (χ0) is 59.6. The Balaban J connectivity index is 1.46. The summed E-state index contributed by atoms with van der Waals surface area (Å²) in [6.07, 6.45) is 0. The fourth-order valence-electron chi connectivity index (χ4n) is 6.36.